The van der Waals surface area contributed by atoms with Crippen molar-refractivity contribution >= 4 is 5.97 Å². The second-order valence-electron chi connectivity index (χ2n) is 7.00. The molecule has 0 saturated heterocycles. The van der Waals surface area contributed by atoms with E-state index in [9.17, 15) is 9.18 Å². The van der Waals surface area contributed by atoms with Gasteiger partial charge in [0.05, 0.1) is 6.42 Å². The van der Waals surface area contributed by atoms with Gasteiger partial charge in [-0.15, -0.1) is 0 Å². The van der Waals surface area contributed by atoms with Crippen molar-refractivity contribution < 1.29 is 13.9 Å². The topological polar surface area (TPSA) is 26.3 Å². The standard InChI is InChI=1S/C24H21FO2/c25-19-13-10-17(11-14-19)12-15-20-21-8-4-5-9-23(21)27-24(26)16-22(20)18-6-2-1-3-7-18/h1-11,13-14,20,22H,12,15-16H2/t20-,22-/m0/s1. The van der Waals surface area contributed by atoms with Crippen LogP contribution in [-0.2, 0) is 11.2 Å². The highest BCUT2D eigenvalue weighted by molar-refractivity contribution is 5.75. The molecule has 0 aliphatic carbocycles. The summed E-state index contributed by atoms with van der Waals surface area (Å²) >= 11 is 0. The van der Waals surface area contributed by atoms with Crippen LogP contribution in [0.1, 0.15) is 41.4 Å². The van der Waals surface area contributed by atoms with Gasteiger partial charge in [0.1, 0.15) is 11.6 Å². The predicted octanol–water partition coefficient (Wildman–Crippen LogP) is 5.64. The van der Waals surface area contributed by atoms with E-state index < -0.39 is 0 Å². The summed E-state index contributed by atoms with van der Waals surface area (Å²) in [6, 6.07) is 24.6. The first kappa shape index (κ1) is 17.5. The average molecular weight is 360 g/mol. The van der Waals surface area contributed by atoms with Gasteiger partial charge in [0, 0.05) is 5.92 Å². The summed E-state index contributed by atoms with van der Waals surface area (Å²) in [5.74, 6) is 0.452. The summed E-state index contributed by atoms with van der Waals surface area (Å²) in [7, 11) is 0. The van der Waals surface area contributed by atoms with Crippen LogP contribution in [0.4, 0.5) is 4.39 Å². The summed E-state index contributed by atoms with van der Waals surface area (Å²) in [4.78, 5) is 12.4. The molecule has 3 aromatic carbocycles. The summed E-state index contributed by atoms with van der Waals surface area (Å²) in [6.07, 6.45) is 2.03. The average Bonchev–Trinajstić information content (AvgIpc) is 2.84. The Balaban J connectivity index is 1.69. The maximum absolute atomic E-state index is 13.2. The zero-order valence-electron chi connectivity index (χ0n) is 15.0. The molecule has 2 nitrogen and oxygen atoms in total. The molecule has 0 amide bonds. The Morgan fingerprint density at radius 3 is 2.37 bits per heavy atom. The van der Waals surface area contributed by atoms with Gasteiger partial charge >= 0.3 is 5.97 Å². The maximum atomic E-state index is 13.2. The van der Waals surface area contributed by atoms with Crippen molar-refractivity contribution in [2.24, 2.45) is 0 Å². The van der Waals surface area contributed by atoms with Crippen molar-refractivity contribution in [2.45, 2.75) is 31.1 Å². The number of benzene rings is 3. The summed E-state index contributed by atoms with van der Waals surface area (Å²) in [5.41, 5.74) is 3.31. The molecule has 0 radical (unpaired) electrons. The number of fused-ring (bicyclic) bond motifs is 1. The number of ether oxygens (including phenoxy) is 1. The van der Waals surface area contributed by atoms with E-state index in [-0.39, 0.29) is 23.6 Å². The Morgan fingerprint density at radius 1 is 0.889 bits per heavy atom. The SMILES string of the molecule is O=C1C[C@@H](c2ccccc2)[C@@H](CCc2ccc(F)cc2)c2ccccc2O1. The molecule has 0 spiro atoms. The Morgan fingerprint density at radius 2 is 1.59 bits per heavy atom. The highest BCUT2D eigenvalue weighted by Crippen LogP contribution is 2.44. The molecule has 0 bridgehead atoms. The van der Waals surface area contributed by atoms with E-state index in [1.165, 1.54) is 12.1 Å². The molecule has 3 aromatic rings. The van der Waals surface area contributed by atoms with Crippen LogP contribution in [-0.4, -0.2) is 5.97 Å². The molecule has 0 unspecified atom stereocenters. The number of para-hydroxylation sites is 1. The lowest BCUT2D eigenvalue weighted by Gasteiger charge is -2.25. The van der Waals surface area contributed by atoms with Crippen molar-refractivity contribution in [3.05, 3.63) is 101 Å². The fourth-order valence-electron chi connectivity index (χ4n) is 3.96. The van der Waals surface area contributed by atoms with Crippen LogP contribution >= 0.6 is 0 Å². The molecule has 0 saturated carbocycles. The maximum Gasteiger partial charge on any atom is 0.311 e. The van der Waals surface area contributed by atoms with Crippen LogP contribution in [0.5, 0.6) is 5.75 Å². The van der Waals surface area contributed by atoms with Gasteiger partial charge in [0.2, 0.25) is 0 Å². The van der Waals surface area contributed by atoms with Crippen molar-refractivity contribution in [1.29, 1.82) is 0 Å². The lowest BCUT2D eigenvalue weighted by molar-refractivity contribution is -0.134. The number of hydrogen-bond acceptors (Lipinski definition) is 2. The van der Waals surface area contributed by atoms with Crippen LogP contribution in [0.15, 0.2) is 78.9 Å². The Bertz CT molecular complexity index is 919. The largest absolute Gasteiger partial charge is 0.426 e. The number of rotatable bonds is 4. The van der Waals surface area contributed by atoms with E-state index in [1.807, 2.05) is 48.5 Å². The molecule has 0 fully saturated rings. The smallest absolute Gasteiger partial charge is 0.311 e. The van der Waals surface area contributed by atoms with Crippen LogP contribution in [0.25, 0.3) is 0 Å². The number of hydrogen-bond donors (Lipinski definition) is 0. The Hall–Kier alpha value is -2.94. The van der Waals surface area contributed by atoms with Gasteiger partial charge in [-0.3, -0.25) is 4.79 Å². The third-order valence-electron chi connectivity index (χ3n) is 5.30. The molecule has 1 heterocycles. The molecular weight excluding hydrogens is 339 g/mol. The number of carbonyl (C=O) groups is 1. The van der Waals surface area contributed by atoms with E-state index in [2.05, 4.69) is 18.2 Å². The first-order chi connectivity index (χ1) is 13.2. The second-order valence-corrected chi connectivity index (χ2v) is 7.00. The van der Waals surface area contributed by atoms with Gasteiger partial charge in [0.25, 0.3) is 0 Å². The fraction of sp³-hybridized carbons (Fsp3) is 0.208. The van der Waals surface area contributed by atoms with E-state index >= 15 is 0 Å². The molecule has 0 N–H and O–H groups in total. The zero-order chi connectivity index (χ0) is 18.6. The quantitative estimate of drug-likeness (QED) is 0.445. The van der Waals surface area contributed by atoms with Gasteiger partial charge in [0.15, 0.2) is 0 Å². The van der Waals surface area contributed by atoms with Gasteiger partial charge in [-0.05, 0) is 53.6 Å². The van der Waals surface area contributed by atoms with Crippen molar-refractivity contribution in [1.82, 2.24) is 0 Å². The highest BCUT2D eigenvalue weighted by atomic mass is 19.1. The lowest BCUT2D eigenvalue weighted by atomic mass is 9.77. The van der Waals surface area contributed by atoms with Crippen molar-refractivity contribution in [3.8, 4) is 5.75 Å². The van der Waals surface area contributed by atoms with Crippen molar-refractivity contribution in [3.63, 3.8) is 0 Å². The third-order valence-corrected chi connectivity index (χ3v) is 5.30. The Kier molecular flexibility index (Phi) is 5.01. The lowest BCUT2D eigenvalue weighted by Crippen LogP contribution is -2.15. The zero-order valence-corrected chi connectivity index (χ0v) is 15.0. The van der Waals surface area contributed by atoms with Crippen LogP contribution in [0.2, 0.25) is 0 Å². The van der Waals surface area contributed by atoms with E-state index in [0.717, 1.165) is 29.5 Å². The minimum atomic E-state index is -0.222. The van der Waals surface area contributed by atoms with Gasteiger partial charge in [-0.2, -0.15) is 0 Å². The van der Waals surface area contributed by atoms with E-state index in [1.54, 1.807) is 0 Å². The van der Waals surface area contributed by atoms with E-state index in [0.29, 0.717) is 12.2 Å². The predicted molar refractivity (Wildman–Crippen MR) is 103 cm³/mol. The molecule has 27 heavy (non-hydrogen) atoms. The third kappa shape index (κ3) is 3.92. The van der Waals surface area contributed by atoms with Gasteiger partial charge < -0.3 is 4.74 Å². The molecule has 1 aliphatic heterocycles. The summed E-state index contributed by atoms with van der Waals surface area (Å²) in [6.45, 7) is 0. The molecule has 2 atom stereocenters. The number of carbonyl (C=O) groups excluding carboxylic acids is 1. The van der Waals surface area contributed by atoms with Crippen molar-refractivity contribution in [2.75, 3.05) is 0 Å². The number of aryl methyl sites for hydroxylation is 1. The molecule has 4 rings (SSSR count). The Labute approximate surface area is 158 Å². The minimum absolute atomic E-state index is 0.0581. The van der Waals surface area contributed by atoms with Crippen LogP contribution in [0.3, 0.4) is 0 Å². The summed E-state index contributed by atoms with van der Waals surface area (Å²) in [5, 5.41) is 0. The normalized spacial score (nSPS) is 19.1. The molecular formula is C24H21FO2. The molecule has 1 aliphatic rings. The molecule has 0 aromatic heterocycles. The van der Waals surface area contributed by atoms with Crippen LogP contribution in [0, 0.1) is 5.82 Å². The van der Waals surface area contributed by atoms with Gasteiger partial charge in [-0.25, -0.2) is 4.39 Å². The minimum Gasteiger partial charge on any atom is -0.426 e. The monoisotopic (exact) mass is 360 g/mol. The number of halogens is 1. The van der Waals surface area contributed by atoms with E-state index in [4.69, 9.17) is 4.74 Å². The fourth-order valence-corrected chi connectivity index (χ4v) is 3.96. The first-order valence-electron chi connectivity index (χ1n) is 9.30. The summed E-state index contributed by atoms with van der Waals surface area (Å²) < 4.78 is 18.8. The second kappa shape index (κ2) is 7.75. The highest BCUT2D eigenvalue weighted by Gasteiger charge is 2.33. The van der Waals surface area contributed by atoms with Gasteiger partial charge in [-0.1, -0.05) is 60.7 Å². The first-order valence-corrected chi connectivity index (χ1v) is 9.30. The van der Waals surface area contributed by atoms with Crippen LogP contribution < -0.4 is 4.74 Å². The number of esters is 1. The molecule has 136 valence electrons. The molecule has 3 heteroatoms.